The second-order valence-electron chi connectivity index (χ2n) is 3.42. The van der Waals surface area contributed by atoms with E-state index in [1.165, 1.54) is 11.3 Å². The lowest BCUT2D eigenvalue weighted by Gasteiger charge is -1.88. The summed E-state index contributed by atoms with van der Waals surface area (Å²) in [5, 5.41) is 0.833. The highest BCUT2D eigenvalue weighted by molar-refractivity contribution is 7.15. The normalized spacial score (nSPS) is 10.5. The minimum atomic E-state index is 0.154. The zero-order valence-corrected chi connectivity index (χ0v) is 9.43. The van der Waals surface area contributed by atoms with Crippen LogP contribution in [0.5, 0.6) is 0 Å². The number of aromatic nitrogens is 1. The van der Waals surface area contributed by atoms with Gasteiger partial charge in [-0.25, -0.2) is 4.98 Å². The van der Waals surface area contributed by atoms with E-state index in [4.69, 9.17) is 4.42 Å². The predicted octanol–water partition coefficient (Wildman–Crippen LogP) is 2.84. The molecule has 0 aliphatic rings. The smallest absolute Gasteiger partial charge is 0.162 e. The van der Waals surface area contributed by atoms with Crippen molar-refractivity contribution in [2.75, 3.05) is 0 Å². The molecule has 78 valence electrons. The Balaban J connectivity index is 2.23. The molecule has 0 aliphatic heterocycles. The quantitative estimate of drug-likeness (QED) is 0.800. The number of carbonyl (C=O) groups is 1. The third-order valence-electron chi connectivity index (χ3n) is 1.93. The summed E-state index contributed by atoms with van der Waals surface area (Å²) in [5.74, 6) is 1.79. The highest BCUT2D eigenvalue weighted by atomic mass is 32.1. The molecule has 2 aromatic rings. The van der Waals surface area contributed by atoms with Crippen LogP contribution in [0.3, 0.4) is 0 Å². The van der Waals surface area contributed by atoms with Crippen molar-refractivity contribution in [2.45, 2.75) is 20.3 Å². The molecule has 0 spiro atoms. The minimum Gasteiger partial charge on any atom is -0.459 e. The van der Waals surface area contributed by atoms with Gasteiger partial charge in [-0.2, -0.15) is 0 Å². The highest BCUT2D eigenvalue weighted by Crippen LogP contribution is 2.26. The maximum atomic E-state index is 10.9. The molecule has 0 fully saturated rings. The van der Waals surface area contributed by atoms with Crippen LogP contribution in [0.2, 0.25) is 0 Å². The van der Waals surface area contributed by atoms with Gasteiger partial charge >= 0.3 is 0 Å². The van der Waals surface area contributed by atoms with Gasteiger partial charge < -0.3 is 4.42 Å². The number of ketones is 1. The van der Waals surface area contributed by atoms with Crippen molar-refractivity contribution in [3.05, 3.63) is 29.0 Å². The lowest BCUT2D eigenvalue weighted by molar-refractivity contribution is -0.116. The number of carbonyl (C=O) groups excluding carboxylic acids is 1. The molecule has 2 rings (SSSR count). The van der Waals surface area contributed by atoms with Crippen LogP contribution in [0.1, 0.15) is 17.6 Å². The Morgan fingerprint density at radius 3 is 2.93 bits per heavy atom. The molecule has 0 saturated heterocycles. The standard InChI is InChI=1S/C11H11NO2S/c1-7(13)5-9-6-12-11(15-9)10-4-3-8(2)14-10/h3-4,6H,5H2,1-2H3. The van der Waals surface area contributed by atoms with Crippen LogP contribution in [0.4, 0.5) is 0 Å². The van der Waals surface area contributed by atoms with Gasteiger partial charge in [-0.1, -0.05) is 0 Å². The molecule has 0 radical (unpaired) electrons. The third kappa shape index (κ3) is 2.33. The molecule has 0 unspecified atom stereocenters. The summed E-state index contributed by atoms with van der Waals surface area (Å²) in [6.45, 7) is 3.48. The molecule has 0 bridgehead atoms. The molecule has 0 aliphatic carbocycles. The number of nitrogens with zero attached hydrogens (tertiary/aromatic N) is 1. The number of hydrogen-bond acceptors (Lipinski definition) is 4. The lowest BCUT2D eigenvalue weighted by Crippen LogP contribution is -1.92. The Hall–Kier alpha value is -1.42. The van der Waals surface area contributed by atoms with Crippen LogP contribution >= 0.6 is 11.3 Å². The predicted molar refractivity (Wildman–Crippen MR) is 58.9 cm³/mol. The highest BCUT2D eigenvalue weighted by Gasteiger charge is 2.09. The van der Waals surface area contributed by atoms with Crippen molar-refractivity contribution in [1.82, 2.24) is 4.98 Å². The van der Waals surface area contributed by atoms with Gasteiger partial charge in [0, 0.05) is 17.5 Å². The third-order valence-corrected chi connectivity index (χ3v) is 2.94. The van der Waals surface area contributed by atoms with E-state index in [9.17, 15) is 4.79 Å². The van der Waals surface area contributed by atoms with Gasteiger partial charge in [-0.3, -0.25) is 4.79 Å². The van der Waals surface area contributed by atoms with E-state index in [2.05, 4.69) is 4.98 Å². The van der Waals surface area contributed by atoms with Crippen LogP contribution in [0, 0.1) is 6.92 Å². The fourth-order valence-corrected chi connectivity index (χ4v) is 2.24. The van der Waals surface area contributed by atoms with Crippen molar-refractivity contribution in [3.8, 4) is 10.8 Å². The second kappa shape index (κ2) is 3.98. The maximum Gasteiger partial charge on any atom is 0.162 e. The number of hydrogen-bond donors (Lipinski definition) is 0. The first-order valence-electron chi connectivity index (χ1n) is 4.66. The molecular formula is C11H11NO2S. The summed E-state index contributed by atoms with van der Waals surface area (Å²) < 4.78 is 5.45. The molecule has 0 saturated carbocycles. The average molecular weight is 221 g/mol. The average Bonchev–Trinajstić information content (AvgIpc) is 2.72. The van der Waals surface area contributed by atoms with E-state index in [1.807, 2.05) is 19.1 Å². The molecule has 4 heteroatoms. The topological polar surface area (TPSA) is 43.1 Å². The molecule has 2 aromatic heterocycles. The van der Waals surface area contributed by atoms with Gasteiger partial charge in [-0.05, 0) is 26.0 Å². The molecule has 15 heavy (non-hydrogen) atoms. The Morgan fingerprint density at radius 1 is 1.53 bits per heavy atom. The Kier molecular flexibility index (Phi) is 2.68. The van der Waals surface area contributed by atoms with Crippen molar-refractivity contribution >= 4 is 17.1 Å². The van der Waals surface area contributed by atoms with E-state index < -0.39 is 0 Å². The SMILES string of the molecule is CC(=O)Cc1cnc(-c2ccc(C)o2)s1. The van der Waals surface area contributed by atoms with Gasteiger partial charge in [0.2, 0.25) is 0 Å². The van der Waals surface area contributed by atoms with Crippen molar-refractivity contribution in [1.29, 1.82) is 0 Å². The minimum absolute atomic E-state index is 0.154. The summed E-state index contributed by atoms with van der Waals surface area (Å²) in [6.07, 6.45) is 2.19. The van der Waals surface area contributed by atoms with Crippen molar-refractivity contribution in [3.63, 3.8) is 0 Å². The van der Waals surface area contributed by atoms with E-state index in [-0.39, 0.29) is 5.78 Å². The van der Waals surface area contributed by atoms with Crippen molar-refractivity contribution < 1.29 is 9.21 Å². The van der Waals surface area contributed by atoms with Gasteiger partial charge in [0.1, 0.15) is 11.5 Å². The van der Waals surface area contributed by atoms with Crippen LogP contribution in [-0.2, 0) is 11.2 Å². The molecular weight excluding hydrogens is 210 g/mol. The van der Waals surface area contributed by atoms with Gasteiger partial charge in [0.15, 0.2) is 10.8 Å². The zero-order chi connectivity index (χ0) is 10.8. The van der Waals surface area contributed by atoms with Gasteiger partial charge in [-0.15, -0.1) is 11.3 Å². The molecule has 0 amide bonds. The van der Waals surface area contributed by atoms with Gasteiger partial charge in [0.05, 0.1) is 0 Å². The zero-order valence-electron chi connectivity index (χ0n) is 8.61. The molecule has 0 N–H and O–H groups in total. The summed E-state index contributed by atoms with van der Waals surface area (Å²) in [5.41, 5.74) is 0. The number of Topliss-reactive ketones (excluding diaryl/α,β-unsaturated/α-hetero) is 1. The summed E-state index contributed by atoms with van der Waals surface area (Å²) >= 11 is 1.50. The summed E-state index contributed by atoms with van der Waals surface area (Å²) in [7, 11) is 0. The Bertz CT molecular complexity index is 484. The first-order chi connectivity index (χ1) is 7.15. The largest absolute Gasteiger partial charge is 0.459 e. The number of rotatable bonds is 3. The first-order valence-corrected chi connectivity index (χ1v) is 5.48. The Morgan fingerprint density at radius 2 is 2.33 bits per heavy atom. The maximum absolute atomic E-state index is 10.9. The fraction of sp³-hybridized carbons (Fsp3) is 0.273. The van der Waals surface area contributed by atoms with E-state index in [0.29, 0.717) is 6.42 Å². The van der Waals surface area contributed by atoms with Crippen LogP contribution in [0.15, 0.2) is 22.7 Å². The molecule has 3 nitrogen and oxygen atoms in total. The van der Waals surface area contributed by atoms with Crippen LogP contribution < -0.4 is 0 Å². The number of thiazole rings is 1. The molecule has 0 aromatic carbocycles. The summed E-state index contributed by atoms with van der Waals surface area (Å²) in [4.78, 5) is 16.1. The molecule has 0 atom stereocenters. The van der Waals surface area contributed by atoms with E-state index in [0.717, 1.165) is 21.4 Å². The van der Waals surface area contributed by atoms with Crippen LogP contribution in [0.25, 0.3) is 10.8 Å². The fourth-order valence-electron chi connectivity index (χ4n) is 1.30. The van der Waals surface area contributed by atoms with Crippen molar-refractivity contribution in [2.24, 2.45) is 0 Å². The number of furan rings is 1. The van der Waals surface area contributed by atoms with Crippen LogP contribution in [-0.4, -0.2) is 10.8 Å². The first kappa shape index (κ1) is 10.1. The van der Waals surface area contributed by atoms with E-state index in [1.54, 1.807) is 13.1 Å². The Labute approximate surface area is 91.8 Å². The summed E-state index contributed by atoms with van der Waals surface area (Å²) in [6, 6.07) is 3.80. The van der Waals surface area contributed by atoms with E-state index >= 15 is 0 Å². The van der Waals surface area contributed by atoms with Gasteiger partial charge in [0.25, 0.3) is 0 Å². The second-order valence-corrected chi connectivity index (χ2v) is 4.54. The lowest BCUT2D eigenvalue weighted by atomic mass is 10.3. The molecule has 2 heterocycles. The monoisotopic (exact) mass is 221 g/mol. The number of aryl methyl sites for hydroxylation is 1.